The zero-order chi connectivity index (χ0) is 19.1. The van der Waals surface area contributed by atoms with Crippen LogP contribution in [0.15, 0.2) is 42.5 Å². The number of nitrogens with zero attached hydrogens (tertiary/aromatic N) is 1. The van der Waals surface area contributed by atoms with Gasteiger partial charge in [0.25, 0.3) is 5.91 Å². The molecule has 0 bridgehead atoms. The molecule has 0 saturated heterocycles. The molecule has 0 aromatic heterocycles. The number of halogens is 1. The first-order valence-electron chi connectivity index (χ1n) is 7.42. The molecule has 2 rings (SSSR count). The van der Waals surface area contributed by atoms with Gasteiger partial charge in [0, 0.05) is 22.2 Å². The fourth-order valence-electron chi connectivity index (χ4n) is 2.05. The maximum Gasteiger partial charge on any atom is 0.325 e. The fourth-order valence-corrected chi connectivity index (χ4v) is 2.24. The molecule has 1 amide bonds. The number of carbonyl (C=O) groups excluding carboxylic acids is 2. The van der Waals surface area contributed by atoms with Crippen LogP contribution < -0.4 is 10.1 Å². The van der Waals surface area contributed by atoms with Crippen molar-refractivity contribution in [1.82, 2.24) is 5.32 Å². The van der Waals surface area contributed by atoms with Crippen LogP contribution in [-0.2, 0) is 16.1 Å². The maximum absolute atomic E-state index is 12.0. The molecular formula is C17H15ClN2O6. The summed E-state index contributed by atoms with van der Waals surface area (Å²) in [7, 11) is 1.29. The largest absolute Gasteiger partial charge is 0.490 e. The topological polar surface area (TPSA) is 108 Å². The number of benzene rings is 2. The van der Waals surface area contributed by atoms with E-state index in [4.69, 9.17) is 21.1 Å². The molecule has 0 aliphatic heterocycles. The Morgan fingerprint density at radius 1 is 1.23 bits per heavy atom. The van der Waals surface area contributed by atoms with E-state index in [0.29, 0.717) is 10.6 Å². The van der Waals surface area contributed by atoms with Gasteiger partial charge >= 0.3 is 11.7 Å². The summed E-state index contributed by atoms with van der Waals surface area (Å²) in [6.07, 6.45) is 0. The second-order valence-electron chi connectivity index (χ2n) is 5.08. The van der Waals surface area contributed by atoms with Crippen molar-refractivity contribution in [1.29, 1.82) is 0 Å². The summed E-state index contributed by atoms with van der Waals surface area (Å²) >= 11 is 5.95. The second kappa shape index (κ2) is 8.82. The van der Waals surface area contributed by atoms with Crippen LogP contribution in [0.3, 0.4) is 0 Å². The van der Waals surface area contributed by atoms with Crippen molar-refractivity contribution in [3.05, 3.63) is 68.7 Å². The number of ether oxygens (including phenoxy) is 2. The lowest BCUT2D eigenvalue weighted by Crippen LogP contribution is -2.30. The number of nitro groups is 1. The van der Waals surface area contributed by atoms with E-state index in [9.17, 15) is 19.7 Å². The van der Waals surface area contributed by atoms with Crippen LogP contribution in [0.5, 0.6) is 5.75 Å². The van der Waals surface area contributed by atoms with E-state index in [-0.39, 0.29) is 30.2 Å². The van der Waals surface area contributed by atoms with Crippen LogP contribution in [0.2, 0.25) is 5.02 Å². The third-order valence-electron chi connectivity index (χ3n) is 3.38. The van der Waals surface area contributed by atoms with Crippen molar-refractivity contribution in [2.45, 2.75) is 6.61 Å². The van der Waals surface area contributed by atoms with Gasteiger partial charge in [-0.15, -0.1) is 0 Å². The zero-order valence-corrected chi connectivity index (χ0v) is 14.5. The molecule has 0 aliphatic rings. The van der Waals surface area contributed by atoms with Gasteiger partial charge in [-0.3, -0.25) is 19.7 Å². The fraction of sp³-hybridized carbons (Fsp3) is 0.176. The summed E-state index contributed by atoms with van der Waals surface area (Å²) in [4.78, 5) is 34.1. The van der Waals surface area contributed by atoms with Crippen molar-refractivity contribution < 1.29 is 24.0 Å². The molecule has 8 nitrogen and oxygen atoms in total. The molecule has 0 spiro atoms. The molecule has 0 saturated carbocycles. The molecule has 9 heteroatoms. The number of methoxy groups -OCH3 is 1. The van der Waals surface area contributed by atoms with Crippen LogP contribution in [0.4, 0.5) is 5.69 Å². The number of rotatable bonds is 7. The Morgan fingerprint density at radius 2 is 1.96 bits per heavy atom. The molecule has 1 N–H and O–H groups in total. The molecular weight excluding hydrogens is 364 g/mol. The van der Waals surface area contributed by atoms with Crippen molar-refractivity contribution in [3.8, 4) is 5.75 Å². The van der Waals surface area contributed by atoms with Crippen LogP contribution in [-0.4, -0.2) is 30.5 Å². The number of nitrogens with one attached hydrogen (secondary N) is 1. The number of carbonyl (C=O) groups is 2. The van der Waals surface area contributed by atoms with Gasteiger partial charge in [-0.05, 0) is 18.2 Å². The third kappa shape index (κ3) is 4.93. The first-order valence-corrected chi connectivity index (χ1v) is 7.80. The Labute approximate surface area is 153 Å². The van der Waals surface area contributed by atoms with E-state index >= 15 is 0 Å². The zero-order valence-electron chi connectivity index (χ0n) is 13.7. The molecule has 0 aliphatic carbocycles. The quantitative estimate of drug-likeness (QED) is 0.451. The standard InChI is InChI=1S/C17H15ClN2O6/c1-25-15-7-6-11(8-14(15)20(23)24)17(22)19-9-16(21)26-10-12-4-2-3-5-13(12)18/h2-8H,9-10H2,1H3,(H,19,22). The molecule has 2 aromatic rings. The van der Waals surface area contributed by atoms with Crippen molar-refractivity contribution >= 4 is 29.2 Å². The average molecular weight is 379 g/mol. The van der Waals surface area contributed by atoms with Crippen LogP contribution in [0.25, 0.3) is 0 Å². The molecule has 0 heterocycles. The Balaban J connectivity index is 1.92. The predicted octanol–water partition coefficient (Wildman–Crippen LogP) is 2.73. The number of hydrogen-bond donors (Lipinski definition) is 1. The minimum absolute atomic E-state index is 0.0244. The van der Waals surface area contributed by atoms with Gasteiger partial charge < -0.3 is 14.8 Å². The van der Waals surface area contributed by atoms with E-state index in [2.05, 4.69) is 5.32 Å². The first-order chi connectivity index (χ1) is 12.4. The third-order valence-corrected chi connectivity index (χ3v) is 3.75. The lowest BCUT2D eigenvalue weighted by atomic mass is 10.1. The Kier molecular flexibility index (Phi) is 6.51. The van der Waals surface area contributed by atoms with Crippen LogP contribution in [0, 0.1) is 10.1 Å². The van der Waals surface area contributed by atoms with E-state index < -0.39 is 16.8 Å². The van der Waals surface area contributed by atoms with Gasteiger partial charge in [0.15, 0.2) is 5.75 Å². The molecule has 26 heavy (non-hydrogen) atoms. The van der Waals surface area contributed by atoms with Crippen LogP contribution >= 0.6 is 11.6 Å². The summed E-state index contributed by atoms with van der Waals surface area (Å²) < 4.78 is 9.89. The normalized spacial score (nSPS) is 10.1. The molecule has 0 atom stereocenters. The molecule has 136 valence electrons. The van der Waals surface area contributed by atoms with E-state index in [0.717, 1.165) is 6.07 Å². The summed E-state index contributed by atoms with van der Waals surface area (Å²) in [5.41, 5.74) is 0.317. The summed E-state index contributed by atoms with van der Waals surface area (Å²) in [5, 5.41) is 13.8. The SMILES string of the molecule is COc1ccc(C(=O)NCC(=O)OCc2ccccc2Cl)cc1[N+](=O)[O-]. The molecule has 0 unspecified atom stereocenters. The van der Waals surface area contributed by atoms with Gasteiger partial charge in [-0.1, -0.05) is 29.8 Å². The Morgan fingerprint density at radius 3 is 2.62 bits per heavy atom. The smallest absolute Gasteiger partial charge is 0.325 e. The highest BCUT2D eigenvalue weighted by molar-refractivity contribution is 6.31. The minimum Gasteiger partial charge on any atom is -0.490 e. The van der Waals surface area contributed by atoms with Crippen molar-refractivity contribution in [2.75, 3.05) is 13.7 Å². The monoisotopic (exact) mass is 378 g/mol. The highest BCUT2D eigenvalue weighted by Crippen LogP contribution is 2.27. The summed E-state index contributed by atoms with van der Waals surface area (Å²) in [6, 6.07) is 10.6. The highest BCUT2D eigenvalue weighted by atomic mass is 35.5. The maximum atomic E-state index is 12.0. The predicted molar refractivity (Wildman–Crippen MR) is 93.2 cm³/mol. The molecule has 0 fully saturated rings. The minimum atomic E-state index is -0.665. The lowest BCUT2D eigenvalue weighted by molar-refractivity contribution is -0.385. The lowest BCUT2D eigenvalue weighted by Gasteiger charge is -2.08. The van der Waals surface area contributed by atoms with Crippen LogP contribution in [0.1, 0.15) is 15.9 Å². The Bertz CT molecular complexity index is 840. The van der Waals surface area contributed by atoms with Gasteiger partial charge in [0.2, 0.25) is 0 Å². The second-order valence-corrected chi connectivity index (χ2v) is 5.49. The molecule has 0 radical (unpaired) electrons. The van der Waals surface area contributed by atoms with Gasteiger partial charge in [-0.25, -0.2) is 0 Å². The van der Waals surface area contributed by atoms with Gasteiger partial charge in [0.1, 0.15) is 13.2 Å². The number of esters is 1. The van der Waals surface area contributed by atoms with E-state index in [1.54, 1.807) is 24.3 Å². The van der Waals surface area contributed by atoms with Gasteiger partial charge in [0.05, 0.1) is 12.0 Å². The number of amides is 1. The van der Waals surface area contributed by atoms with E-state index in [1.807, 2.05) is 0 Å². The number of nitro benzene ring substituents is 1. The molecule has 2 aromatic carbocycles. The first kappa shape index (κ1) is 19.2. The average Bonchev–Trinajstić information content (AvgIpc) is 2.64. The van der Waals surface area contributed by atoms with E-state index in [1.165, 1.54) is 19.2 Å². The number of hydrogen-bond acceptors (Lipinski definition) is 6. The van der Waals surface area contributed by atoms with Crippen molar-refractivity contribution in [2.24, 2.45) is 0 Å². The Hall–Kier alpha value is -3.13. The summed E-state index contributed by atoms with van der Waals surface area (Å²) in [5.74, 6) is -1.28. The highest BCUT2D eigenvalue weighted by Gasteiger charge is 2.18. The summed E-state index contributed by atoms with van der Waals surface area (Å²) in [6.45, 7) is -0.411. The van der Waals surface area contributed by atoms with Crippen molar-refractivity contribution in [3.63, 3.8) is 0 Å². The van der Waals surface area contributed by atoms with Gasteiger partial charge in [-0.2, -0.15) is 0 Å².